The minimum Gasteiger partial charge on any atom is -0.482 e. The first-order chi connectivity index (χ1) is 15.7. The first-order valence-electron chi connectivity index (χ1n) is 11.1. The van der Waals surface area contributed by atoms with Gasteiger partial charge >= 0.3 is 0 Å². The third-order valence-corrected chi connectivity index (χ3v) is 6.46. The van der Waals surface area contributed by atoms with E-state index in [0.717, 1.165) is 30.6 Å². The Morgan fingerprint density at radius 3 is 3.00 bits per heavy atom. The van der Waals surface area contributed by atoms with E-state index in [0.29, 0.717) is 35.3 Å². The molecule has 1 fully saturated rings. The summed E-state index contributed by atoms with van der Waals surface area (Å²) >= 11 is 0. The standard InChI is InChI=1S/C23H26N6O3/c1-24-18(30)10-13-7-8-14-15(21(13)31)4-2-6-17(14)32-22(16-5-3-9-25-16)19-20-23(28-11-26-19)29-12-27-20/h2,4,6,11-13,16,22,25H,3,5,7-10H2,1H3,(H,24,30)(H,26,27,28,29)/t13?,16?,22-/m1/s1. The summed E-state index contributed by atoms with van der Waals surface area (Å²) in [6.45, 7) is 0.922. The van der Waals surface area contributed by atoms with Gasteiger partial charge in [-0.15, -0.1) is 0 Å². The fraction of sp³-hybridized carbons (Fsp3) is 0.435. The van der Waals surface area contributed by atoms with Crippen molar-refractivity contribution >= 4 is 22.9 Å². The molecule has 0 saturated carbocycles. The number of benzene rings is 1. The van der Waals surface area contributed by atoms with Crippen LogP contribution in [0.3, 0.4) is 0 Å². The fourth-order valence-corrected chi connectivity index (χ4v) is 4.78. The molecule has 32 heavy (non-hydrogen) atoms. The van der Waals surface area contributed by atoms with Crippen LogP contribution in [0.5, 0.6) is 5.75 Å². The molecule has 2 aromatic heterocycles. The van der Waals surface area contributed by atoms with Gasteiger partial charge in [0, 0.05) is 30.5 Å². The van der Waals surface area contributed by atoms with Crippen LogP contribution in [-0.2, 0) is 11.2 Å². The first-order valence-corrected chi connectivity index (χ1v) is 11.1. The summed E-state index contributed by atoms with van der Waals surface area (Å²) in [6, 6.07) is 5.68. The Morgan fingerprint density at radius 2 is 2.19 bits per heavy atom. The number of rotatable bonds is 6. The molecule has 1 aliphatic carbocycles. The van der Waals surface area contributed by atoms with Crippen LogP contribution < -0.4 is 15.4 Å². The van der Waals surface area contributed by atoms with Crippen LogP contribution >= 0.6 is 0 Å². The smallest absolute Gasteiger partial charge is 0.220 e. The Labute approximate surface area is 185 Å². The summed E-state index contributed by atoms with van der Waals surface area (Å²) in [7, 11) is 1.59. The number of amides is 1. The van der Waals surface area contributed by atoms with E-state index in [4.69, 9.17) is 4.74 Å². The minimum atomic E-state index is -0.364. The normalized spacial score (nSPS) is 21.3. The second-order valence-corrected chi connectivity index (χ2v) is 8.36. The van der Waals surface area contributed by atoms with Crippen molar-refractivity contribution in [3.8, 4) is 5.75 Å². The molecule has 5 rings (SSSR count). The highest BCUT2D eigenvalue weighted by Gasteiger charge is 2.34. The number of carbonyl (C=O) groups is 2. The van der Waals surface area contributed by atoms with Gasteiger partial charge in [-0.05, 0) is 38.3 Å². The molecule has 0 spiro atoms. The molecule has 0 bridgehead atoms. The molecular formula is C23H26N6O3. The molecule has 9 heteroatoms. The van der Waals surface area contributed by atoms with Crippen molar-refractivity contribution in [1.29, 1.82) is 0 Å². The summed E-state index contributed by atoms with van der Waals surface area (Å²) in [6.07, 6.45) is 6.32. The van der Waals surface area contributed by atoms with Gasteiger partial charge in [-0.3, -0.25) is 9.59 Å². The second-order valence-electron chi connectivity index (χ2n) is 8.36. The van der Waals surface area contributed by atoms with Gasteiger partial charge in [0.25, 0.3) is 0 Å². The van der Waals surface area contributed by atoms with Gasteiger partial charge in [0.05, 0.1) is 12.4 Å². The predicted molar refractivity (Wildman–Crippen MR) is 117 cm³/mol. The molecule has 1 aliphatic heterocycles. The number of imidazole rings is 1. The number of nitrogens with one attached hydrogen (secondary N) is 3. The van der Waals surface area contributed by atoms with Gasteiger partial charge in [-0.2, -0.15) is 0 Å². The van der Waals surface area contributed by atoms with E-state index in [1.54, 1.807) is 13.4 Å². The van der Waals surface area contributed by atoms with Gasteiger partial charge in [-0.1, -0.05) is 12.1 Å². The molecular weight excluding hydrogens is 408 g/mol. The van der Waals surface area contributed by atoms with Crippen LogP contribution in [0.25, 0.3) is 11.2 Å². The molecule has 3 heterocycles. The van der Waals surface area contributed by atoms with Crippen molar-refractivity contribution < 1.29 is 14.3 Å². The number of hydrogen-bond acceptors (Lipinski definition) is 7. The number of nitrogens with zero attached hydrogens (tertiary/aromatic N) is 3. The van der Waals surface area contributed by atoms with Gasteiger partial charge in [0.2, 0.25) is 5.91 Å². The number of carbonyl (C=O) groups excluding carboxylic acids is 2. The molecule has 3 N–H and O–H groups in total. The van der Waals surface area contributed by atoms with Crippen LogP contribution in [0.4, 0.5) is 0 Å². The molecule has 2 aliphatic rings. The van der Waals surface area contributed by atoms with E-state index in [2.05, 4.69) is 30.6 Å². The van der Waals surface area contributed by atoms with Crippen LogP contribution in [0.15, 0.2) is 30.9 Å². The first kappa shape index (κ1) is 20.6. The van der Waals surface area contributed by atoms with Crippen molar-refractivity contribution in [3.05, 3.63) is 47.7 Å². The Morgan fingerprint density at radius 1 is 1.28 bits per heavy atom. The highest BCUT2D eigenvalue weighted by atomic mass is 16.5. The van der Waals surface area contributed by atoms with Crippen molar-refractivity contribution in [2.45, 2.75) is 44.2 Å². The highest BCUT2D eigenvalue weighted by molar-refractivity contribution is 6.02. The maximum Gasteiger partial charge on any atom is 0.220 e. The number of H-pyrrole nitrogens is 1. The summed E-state index contributed by atoms with van der Waals surface area (Å²) in [5.41, 5.74) is 3.64. The quantitative estimate of drug-likeness (QED) is 0.543. The van der Waals surface area contributed by atoms with E-state index in [1.807, 2.05) is 18.2 Å². The van der Waals surface area contributed by atoms with Crippen LogP contribution in [-0.4, -0.2) is 51.3 Å². The predicted octanol–water partition coefficient (Wildman–Crippen LogP) is 2.11. The molecule has 2 unspecified atom stereocenters. The molecule has 0 radical (unpaired) electrons. The lowest BCUT2D eigenvalue weighted by Gasteiger charge is -2.29. The minimum absolute atomic E-state index is 0.00701. The van der Waals surface area contributed by atoms with Crippen molar-refractivity contribution in [1.82, 2.24) is 30.6 Å². The molecule has 1 aromatic carbocycles. The molecule has 1 amide bonds. The number of fused-ring (bicyclic) bond motifs is 2. The van der Waals surface area contributed by atoms with Gasteiger partial charge in [-0.25, -0.2) is 15.0 Å². The lowest BCUT2D eigenvalue weighted by Crippen LogP contribution is -2.34. The Bertz CT molecular complexity index is 1150. The van der Waals surface area contributed by atoms with Crippen molar-refractivity contribution in [2.24, 2.45) is 5.92 Å². The lowest BCUT2D eigenvalue weighted by molar-refractivity contribution is -0.121. The number of aromatic nitrogens is 4. The molecule has 9 nitrogen and oxygen atoms in total. The van der Waals surface area contributed by atoms with Crippen LogP contribution in [0.2, 0.25) is 0 Å². The monoisotopic (exact) mass is 434 g/mol. The Balaban J connectivity index is 1.49. The molecule has 1 saturated heterocycles. The van der Waals surface area contributed by atoms with E-state index < -0.39 is 0 Å². The number of aromatic amines is 1. The lowest BCUT2D eigenvalue weighted by atomic mass is 9.80. The fourth-order valence-electron chi connectivity index (χ4n) is 4.78. The molecule has 3 atom stereocenters. The van der Waals surface area contributed by atoms with Gasteiger partial charge in [0.1, 0.15) is 23.3 Å². The van der Waals surface area contributed by atoms with Gasteiger partial charge < -0.3 is 20.4 Å². The number of Topliss-reactive ketones (excluding diaryl/α,β-unsaturated/α-hetero) is 1. The molecule has 166 valence electrons. The third kappa shape index (κ3) is 3.73. The van der Waals surface area contributed by atoms with Crippen LogP contribution in [0, 0.1) is 5.92 Å². The van der Waals surface area contributed by atoms with Gasteiger partial charge in [0.15, 0.2) is 17.5 Å². The average Bonchev–Trinajstić information content (AvgIpc) is 3.51. The number of ether oxygens (including phenoxy) is 1. The Hall–Kier alpha value is -3.33. The summed E-state index contributed by atoms with van der Waals surface area (Å²) in [4.78, 5) is 41.2. The average molecular weight is 435 g/mol. The SMILES string of the molecule is CNC(=O)CC1CCc2c(O[C@@H](c3ncnc4[nH]cnc34)C3CCCN3)cccc2C1=O. The zero-order valence-electron chi connectivity index (χ0n) is 17.9. The summed E-state index contributed by atoms with van der Waals surface area (Å²) in [5, 5.41) is 6.13. The number of ketones is 1. The van der Waals surface area contributed by atoms with E-state index in [9.17, 15) is 9.59 Å². The Kier molecular flexibility index (Phi) is 5.57. The highest BCUT2D eigenvalue weighted by Crippen LogP contribution is 2.37. The largest absolute Gasteiger partial charge is 0.482 e. The van der Waals surface area contributed by atoms with Crippen molar-refractivity contribution in [3.63, 3.8) is 0 Å². The van der Waals surface area contributed by atoms with E-state index in [-0.39, 0.29) is 36.2 Å². The zero-order chi connectivity index (χ0) is 22.1. The topological polar surface area (TPSA) is 122 Å². The van der Waals surface area contributed by atoms with E-state index in [1.165, 1.54) is 6.33 Å². The van der Waals surface area contributed by atoms with E-state index >= 15 is 0 Å². The summed E-state index contributed by atoms with van der Waals surface area (Å²) < 4.78 is 6.61. The van der Waals surface area contributed by atoms with Crippen LogP contribution in [0.1, 0.15) is 53.4 Å². The third-order valence-electron chi connectivity index (χ3n) is 6.46. The number of hydrogen-bond donors (Lipinski definition) is 3. The van der Waals surface area contributed by atoms with Crippen molar-refractivity contribution in [2.75, 3.05) is 13.6 Å². The maximum absolute atomic E-state index is 13.1. The molecule has 3 aromatic rings. The zero-order valence-corrected chi connectivity index (χ0v) is 17.9. The maximum atomic E-state index is 13.1. The second kappa shape index (κ2) is 8.66. The summed E-state index contributed by atoms with van der Waals surface area (Å²) in [5.74, 6) is 0.289.